The first kappa shape index (κ1) is 10.5. The Kier molecular flexibility index (Phi) is 3.27. The van der Waals surface area contributed by atoms with Gasteiger partial charge in [0.15, 0.2) is 0 Å². The van der Waals surface area contributed by atoms with Gasteiger partial charge in [0.1, 0.15) is 0 Å². The molecule has 0 amide bonds. The third-order valence-electron chi connectivity index (χ3n) is 2.31. The third kappa shape index (κ3) is 2.97. The van der Waals surface area contributed by atoms with Gasteiger partial charge in [0.05, 0.1) is 31.3 Å². The van der Waals surface area contributed by atoms with Crippen LogP contribution in [0.25, 0.3) is 0 Å². The zero-order valence-corrected chi connectivity index (χ0v) is 8.08. The smallest absolute Gasteiger partial charge is 0.306 e. The molecule has 4 heteroatoms. The SMILES string of the molecule is CCC1(C)COCC(CC(=O)O)O1. The summed E-state index contributed by atoms with van der Waals surface area (Å²) in [6.07, 6.45) is 0.565. The summed E-state index contributed by atoms with van der Waals surface area (Å²) in [6.45, 7) is 4.90. The molecule has 1 aliphatic rings. The number of hydrogen-bond acceptors (Lipinski definition) is 3. The number of carboxylic acid groups (broad SMARTS) is 1. The van der Waals surface area contributed by atoms with E-state index in [0.29, 0.717) is 13.2 Å². The highest BCUT2D eigenvalue weighted by Gasteiger charge is 2.32. The average Bonchev–Trinajstić information content (AvgIpc) is 2.03. The molecule has 0 bridgehead atoms. The van der Waals surface area contributed by atoms with Crippen LogP contribution in [-0.2, 0) is 14.3 Å². The Labute approximate surface area is 77.8 Å². The van der Waals surface area contributed by atoms with Gasteiger partial charge in [0.25, 0.3) is 0 Å². The molecule has 4 nitrogen and oxygen atoms in total. The van der Waals surface area contributed by atoms with E-state index < -0.39 is 5.97 Å². The number of aliphatic carboxylic acids is 1. The van der Waals surface area contributed by atoms with E-state index >= 15 is 0 Å². The standard InChI is InChI=1S/C9H16O4/c1-3-9(2)6-12-5-7(13-9)4-8(10)11/h7H,3-6H2,1-2H3,(H,10,11). The van der Waals surface area contributed by atoms with Crippen molar-refractivity contribution in [3.63, 3.8) is 0 Å². The molecule has 0 radical (unpaired) electrons. The largest absolute Gasteiger partial charge is 0.481 e. The van der Waals surface area contributed by atoms with Crippen molar-refractivity contribution in [3.8, 4) is 0 Å². The summed E-state index contributed by atoms with van der Waals surface area (Å²) in [4.78, 5) is 10.4. The Morgan fingerprint density at radius 2 is 2.38 bits per heavy atom. The van der Waals surface area contributed by atoms with Crippen LogP contribution in [0.2, 0.25) is 0 Å². The monoisotopic (exact) mass is 188 g/mol. The van der Waals surface area contributed by atoms with E-state index in [0.717, 1.165) is 6.42 Å². The van der Waals surface area contributed by atoms with E-state index in [9.17, 15) is 4.79 Å². The lowest BCUT2D eigenvalue weighted by molar-refractivity contribution is -0.196. The minimum absolute atomic E-state index is 0.0234. The minimum atomic E-state index is -0.839. The van der Waals surface area contributed by atoms with Gasteiger partial charge in [-0.25, -0.2) is 0 Å². The van der Waals surface area contributed by atoms with Crippen molar-refractivity contribution in [1.29, 1.82) is 0 Å². The van der Waals surface area contributed by atoms with Gasteiger partial charge in [-0.2, -0.15) is 0 Å². The topological polar surface area (TPSA) is 55.8 Å². The van der Waals surface area contributed by atoms with Gasteiger partial charge in [-0.1, -0.05) is 6.92 Å². The van der Waals surface area contributed by atoms with Crippen molar-refractivity contribution >= 4 is 5.97 Å². The quantitative estimate of drug-likeness (QED) is 0.719. The van der Waals surface area contributed by atoms with Crippen LogP contribution < -0.4 is 0 Å². The number of carbonyl (C=O) groups is 1. The maximum absolute atomic E-state index is 10.4. The van der Waals surface area contributed by atoms with Crippen LogP contribution in [0.3, 0.4) is 0 Å². The van der Waals surface area contributed by atoms with E-state index in [1.165, 1.54) is 0 Å². The van der Waals surface area contributed by atoms with Crippen molar-refractivity contribution in [2.45, 2.75) is 38.4 Å². The molecule has 1 heterocycles. The summed E-state index contributed by atoms with van der Waals surface area (Å²) in [7, 11) is 0. The van der Waals surface area contributed by atoms with Gasteiger partial charge in [-0.3, -0.25) is 4.79 Å². The average molecular weight is 188 g/mol. The predicted molar refractivity (Wildman–Crippen MR) is 46.6 cm³/mol. The van der Waals surface area contributed by atoms with Gasteiger partial charge in [-0.15, -0.1) is 0 Å². The number of hydrogen-bond donors (Lipinski definition) is 1. The molecule has 1 rings (SSSR count). The number of carboxylic acids is 1. The van der Waals surface area contributed by atoms with Crippen LogP contribution in [0.1, 0.15) is 26.7 Å². The van der Waals surface area contributed by atoms with Crippen molar-refractivity contribution < 1.29 is 19.4 Å². The summed E-state index contributed by atoms with van der Waals surface area (Å²) in [5.41, 5.74) is -0.307. The Morgan fingerprint density at radius 3 is 2.92 bits per heavy atom. The molecule has 2 unspecified atom stereocenters. The van der Waals surface area contributed by atoms with Crippen molar-refractivity contribution in [2.75, 3.05) is 13.2 Å². The van der Waals surface area contributed by atoms with E-state index in [4.69, 9.17) is 14.6 Å². The summed E-state index contributed by atoms with van der Waals surface area (Å²) >= 11 is 0. The molecule has 0 aromatic rings. The summed E-state index contributed by atoms with van der Waals surface area (Å²) in [5.74, 6) is -0.839. The third-order valence-corrected chi connectivity index (χ3v) is 2.31. The molecule has 0 aromatic heterocycles. The van der Waals surface area contributed by atoms with Crippen LogP contribution in [0.5, 0.6) is 0 Å². The predicted octanol–water partition coefficient (Wildman–Crippen LogP) is 1.05. The van der Waals surface area contributed by atoms with Gasteiger partial charge >= 0.3 is 5.97 Å². The lowest BCUT2D eigenvalue weighted by Crippen LogP contribution is -2.45. The fraction of sp³-hybridized carbons (Fsp3) is 0.889. The molecule has 1 aliphatic heterocycles. The molecule has 76 valence electrons. The molecule has 0 saturated carbocycles. The zero-order chi connectivity index (χ0) is 9.90. The first-order valence-corrected chi connectivity index (χ1v) is 4.53. The maximum Gasteiger partial charge on any atom is 0.306 e. The highest BCUT2D eigenvalue weighted by atomic mass is 16.6. The van der Waals surface area contributed by atoms with E-state index in [2.05, 4.69) is 0 Å². The van der Waals surface area contributed by atoms with Crippen LogP contribution in [0, 0.1) is 0 Å². The lowest BCUT2D eigenvalue weighted by atomic mass is 10.0. The molecule has 0 aromatic carbocycles. The van der Waals surface area contributed by atoms with Gasteiger partial charge in [0.2, 0.25) is 0 Å². The molecule has 1 N–H and O–H groups in total. The fourth-order valence-corrected chi connectivity index (χ4v) is 1.36. The molecule has 0 spiro atoms. The molecular weight excluding hydrogens is 172 g/mol. The van der Waals surface area contributed by atoms with Gasteiger partial charge in [-0.05, 0) is 13.3 Å². The van der Waals surface area contributed by atoms with E-state index in [1.807, 2.05) is 13.8 Å². The lowest BCUT2D eigenvalue weighted by Gasteiger charge is -2.37. The first-order chi connectivity index (χ1) is 6.06. The van der Waals surface area contributed by atoms with Crippen LogP contribution in [0.15, 0.2) is 0 Å². The minimum Gasteiger partial charge on any atom is -0.481 e. The highest BCUT2D eigenvalue weighted by Crippen LogP contribution is 2.23. The molecule has 1 fully saturated rings. The van der Waals surface area contributed by atoms with Crippen molar-refractivity contribution in [3.05, 3.63) is 0 Å². The maximum atomic E-state index is 10.4. The fourth-order valence-electron chi connectivity index (χ4n) is 1.36. The van der Waals surface area contributed by atoms with Gasteiger partial charge in [0, 0.05) is 0 Å². The second-order valence-electron chi connectivity index (χ2n) is 3.66. The Balaban J connectivity index is 2.46. The molecule has 1 saturated heterocycles. The van der Waals surface area contributed by atoms with E-state index in [1.54, 1.807) is 0 Å². The van der Waals surface area contributed by atoms with Crippen LogP contribution in [-0.4, -0.2) is 36.0 Å². The Morgan fingerprint density at radius 1 is 1.69 bits per heavy atom. The number of ether oxygens (including phenoxy) is 2. The van der Waals surface area contributed by atoms with Gasteiger partial charge < -0.3 is 14.6 Å². The van der Waals surface area contributed by atoms with E-state index in [-0.39, 0.29) is 18.1 Å². The van der Waals surface area contributed by atoms with Crippen LogP contribution >= 0.6 is 0 Å². The zero-order valence-electron chi connectivity index (χ0n) is 8.08. The molecule has 2 atom stereocenters. The molecule has 13 heavy (non-hydrogen) atoms. The summed E-state index contributed by atoms with van der Waals surface area (Å²) in [6, 6.07) is 0. The second kappa shape index (κ2) is 4.07. The summed E-state index contributed by atoms with van der Waals surface area (Å²) in [5, 5.41) is 8.57. The molecular formula is C9H16O4. The van der Waals surface area contributed by atoms with Crippen molar-refractivity contribution in [1.82, 2.24) is 0 Å². The highest BCUT2D eigenvalue weighted by molar-refractivity contribution is 5.67. The Bertz CT molecular complexity index is 192. The number of rotatable bonds is 3. The second-order valence-corrected chi connectivity index (χ2v) is 3.66. The van der Waals surface area contributed by atoms with Crippen molar-refractivity contribution in [2.24, 2.45) is 0 Å². The molecule has 0 aliphatic carbocycles. The first-order valence-electron chi connectivity index (χ1n) is 4.53. The Hall–Kier alpha value is -0.610. The normalized spacial score (nSPS) is 34.5. The van der Waals surface area contributed by atoms with Crippen LogP contribution in [0.4, 0.5) is 0 Å². The summed E-state index contributed by atoms with van der Waals surface area (Å²) < 4.78 is 10.9.